The summed E-state index contributed by atoms with van der Waals surface area (Å²) in [7, 11) is 0. The van der Waals surface area contributed by atoms with Gasteiger partial charge in [0.1, 0.15) is 10.8 Å². The number of aryl methyl sites for hydroxylation is 1. The van der Waals surface area contributed by atoms with Crippen LogP contribution in [0.15, 0.2) is 5.38 Å². The van der Waals surface area contributed by atoms with E-state index < -0.39 is 0 Å². The zero-order chi connectivity index (χ0) is 12.0. The van der Waals surface area contributed by atoms with Crippen LogP contribution in [0.25, 0.3) is 0 Å². The molecule has 0 atom stereocenters. The van der Waals surface area contributed by atoms with Crippen LogP contribution in [-0.2, 0) is 20.7 Å². The topological polar surface area (TPSA) is 56.3 Å². The Labute approximate surface area is 98.6 Å². The van der Waals surface area contributed by atoms with Gasteiger partial charge in [-0.05, 0) is 13.8 Å². The number of Topliss-reactive ketones (excluding diaryl/α,β-unsaturated/α-hetero) is 1. The first-order chi connectivity index (χ1) is 7.61. The highest BCUT2D eigenvalue weighted by Gasteiger charge is 2.10. The normalized spacial score (nSPS) is 10.1. The Morgan fingerprint density at radius 2 is 2.19 bits per heavy atom. The van der Waals surface area contributed by atoms with Crippen molar-refractivity contribution in [2.75, 3.05) is 6.61 Å². The van der Waals surface area contributed by atoms with Crippen molar-refractivity contribution in [1.82, 2.24) is 4.98 Å². The van der Waals surface area contributed by atoms with Crippen molar-refractivity contribution in [1.29, 1.82) is 0 Å². The van der Waals surface area contributed by atoms with Crippen molar-refractivity contribution in [3.8, 4) is 0 Å². The van der Waals surface area contributed by atoms with Gasteiger partial charge in [-0.15, -0.1) is 11.3 Å². The highest BCUT2D eigenvalue weighted by atomic mass is 32.1. The smallest absolute Gasteiger partial charge is 0.306 e. The van der Waals surface area contributed by atoms with E-state index in [1.165, 1.54) is 11.3 Å². The van der Waals surface area contributed by atoms with Gasteiger partial charge >= 0.3 is 5.97 Å². The Hall–Kier alpha value is -1.23. The summed E-state index contributed by atoms with van der Waals surface area (Å²) in [5, 5.41) is 2.72. The second-order valence-electron chi connectivity index (χ2n) is 3.40. The molecule has 1 aromatic rings. The fraction of sp³-hybridized carbons (Fsp3) is 0.545. The van der Waals surface area contributed by atoms with E-state index >= 15 is 0 Å². The molecule has 0 aliphatic carbocycles. The van der Waals surface area contributed by atoms with E-state index in [0.717, 1.165) is 10.7 Å². The third kappa shape index (κ3) is 4.53. The van der Waals surface area contributed by atoms with Crippen LogP contribution in [0.2, 0.25) is 0 Å². The predicted octanol–water partition coefficient (Wildman–Crippen LogP) is 1.91. The molecule has 0 aliphatic rings. The second-order valence-corrected chi connectivity index (χ2v) is 4.35. The van der Waals surface area contributed by atoms with E-state index in [4.69, 9.17) is 4.74 Å². The van der Waals surface area contributed by atoms with Crippen LogP contribution in [0.4, 0.5) is 0 Å². The van der Waals surface area contributed by atoms with Crippen molar-refractivity contribution in [2.24, 2.45) is 0 Å². The van der Waals surface area contributed by atoms with Crippen LogP contribution < -0.4 is 0 Å². The summed E-state index contributed by atoms with van der Waals surface area (Å²) in [5.41, 5.74) is 0.929. The fourth-order valence-electron chi connectivity index (χ4n) is 1.22. The monoisotopic (exact) mass is 241 g/mol. The van der Waals surface area contributed by atoms with Crippen LogP contribution in [0.1, 0.15) is 30.5 Å². The highest BCUT2D eigenvalue weighted by molar-refractivity contribution is 7.09. The van der Waals surface area contributed by atoms with Gasteiger partial charge in [0.2, 0.25) is 0 Å². The van der Waals surface area contributed by atoms with Crippen LogP contribution in [0, 0.1) is 6.92 Å². The van der Waals surface area contributed by atoms with Crippen LogP contribution in [0.3, 0.4) is 0 Å². The maximum atomic E-state index is 11.5. The first kappa shape index (κ1) is 12.8. The van der Waals surface area contributed by atoms with Gasteiger partial charge in [-0.1, -0.05) is 0 Å². The molecule has 0 unspecified atom stereocenters. The minimum absolute atomic E-state index is 0.0300. The number of carbonyl (C=O) groups excluding carboxylic acids is 2. The van der Waals surface area contributed by atoms with Gasteiger partial charge in [0.15, 0.2) is 0 Å². The van der Waals surface area contributed by atoms with E-state index in [1.54, 1.807) is 6.92 Å². The minimum Gasteiger partial charge on any atom is -0.466 e. The predicted molar refractivity (Wildman–Crippen MR) is 61.4 cm³/mol. The Morgan fingerprint density at radius 3 is 2.75 bits per heavy atom. The molecule has 4 nitrogen and oxygen atoms in total. The molecular formula is C11H15NO3S. The van der Waals surface area contributed by atoms with Crippen molar-refractivity contribution < 1.29 is 14.3 Å². The van der Waals surface area contributed by atoms with E-state index in [1.807, 2.05) is 12.3 Å². The molecule has 0 fully saturated rings. The summed E-state index contributed by atoms with van der Waals surface area (Å²) in [5.74, 6) is -0.284. The number of carbonyl (C=O) groups is 2. The van der Waals surface area contributed by atoms with Crippen LogP contribution >= 0.6 is 11.3 Å². The largest absolute Gasteiger partial charge is 0.466 e. The standard InChI is InChI=1S/C11H15NO3S/c1-3-15-11(14)5-4-9(13)6-10-12-8(2)7-16-10/h7H,3-6H2,1-2H3. The molecule has 0 aliphatic heterocycles. The summed E-state index contributed by atoms with van der Waals surface area (Å²) in [4.78, 5) is 26.7. The molecule has 0 aromatic carbocycles. The molecule has 0 spiro atoms. The minimum atomic E-state index is -0.314. The van der Waals surface area contributed by atoms with E-state index in [2.05, 4.69) is 4.98 Å². The fourth-order valence-corrected chi connectivity index (χ4v) is 2.02. The van der Waals surface area contributed by atoms with E-state index in [-0.39, 0.29) is 24.6 Å². The lowest BCUT2D eigenvalue weighted by Crippen LogP contribution is -2.09. The second kappa shape index (κ2) is 6.37. The lowest BCUT2D eigenvalue weighted by Gasteiger charge is -2.00. The van der Waals surface area contributed by atoms with Gasteiger partial charge in [-0.2, -0.15) is 0 Å². The lowest BCUT2D eigenvalue weighted by molar-refractivity contribution is -0.144. The average molecular weight is 241 g/mol. The molecule has 5 heteroatoms. The quantitative estimate of drug-likeness (QED) is 0.714. The first-order valence-electron chi connectivity index (χ1n) is 5.20. The molecule has 0 N–H and O–H groups in total. The molecule has 88 valence electrons. The van der Waals surface area contributed by atoms with E-state index in [9.17, 15) is 9.59 Å². The maximum Gasteiger partial charge on any atom is 0.306 e. The molecule has 16 heavy (non-hydrogen) atoms. The highest BCUT2D eigenvalue weighted by Crippen LogP contribution is 2.10. The van der Waals surface area contributed by atoms with Gasteiger partial charge in [-0.25, -0.2) is 4.98 Å². The third-order valence-electron chi connectivity index (χ3n) is 1.93. The zero-order valence-corrected chi connectivity index (χ0v) is 10.3. The number of thiazole rings is 1. The summed E-state index contributed by atoms with van der Waals surface area (Å²) in [6.07, 6.45) is 0.715. The summed E-state index contributed by atoms with van der Waals surface area (Å²) in [6.45, 7) is 4.00. The van der Waals surface area contributed by atoms with Gasteiger partial charge in [0.05, 0.1) is 19.4 Å². The number of rotatable bonds is 6. The molecular weight excluding hydrogens is 226 g/mol. The molecule has 1 rings (SSSR count). The number of hydrogen-bond donors (Lipinski definition) is 0. The van der Waals surface area contributed by atoms with Crippen LogP contribution in [-0.4, -0.2) is 23.3 Å². The van der Waals surface area contributed by atoms with Gasteiger partial charge < -0.3 is 4.74 Å². The Balaban J connectivity index is 2.28. The Morgan fingerprint density at radius 1 is 1.44 bits per heavy atom. The zero-order valence-electron chi connectivity index (χ0n) is 9.49. The SMILES string of the molecule is CCOC(=O)CCC(=O)Cc1nc(C)cs1. The number of esters is 1. The van der Waals surface area contributed by atoms with Gasteiger partial charge in [0, 0.05) is 17.5 Å². The molecule has 1 heterocycles. The summed E-state index contributed by atoms with van der Waals surface area (Å²) >= 11 is 1.47. The number of hydrogen-bond acceptors (Lipinski definition) is 5. The number of ether oxygens (including phenoxy) is 1. The third-order valence-corrected chi connectivity index (χ3v) is 2.89. The molecule has 0 bridgehead atoms. The maximum absolute atomic E-state index is 11.5. The summed E-state index contributed by atoms with van der Waals surface area (Å²) in [6, 6.07) is 0. The van der Waals surface area contributed by atoms with Crippen LogP contribution in [0.5, 0.6) is 0 Å². The molecule has 0 radical (unpaired) electrons. The molecule has 0 saturated heterocycles. The van der Waals surface area contributed by atoms with Crippen molar-refractivity contribution in [2.45, 2.75) is 33.1 Å². The van der Waals surface area contributed by atoms with Gasteiger partial charge in [0.25, 0.3) is 0 Å². The first-order valence-corrected chi connectivity index (χ1v) is 6.08. The molecule has 1 aromatic heterocycles. The molecule has 0 amide bonds. The molecule has 0 saturated carbocycles. The average Bonchev–Trinajstić information content (AvgIpc) is 2.61. The number of aromatic nitrogens is 1. The summed E-state index contributed by atoms with van der Waals surface area (Å²) < 4.78 is 4.74. The van der Waals surface area contributed by atoms with Crippen molar-refractivity contribution >= 4 is 23.1 Å². The number of nitrogens with zero attached hydrogens (tertiary/aromatic N) is 1. The number of ketones is 1. The lowest BCUT2D eigenvalue weighted by atomic mass is 10.2. The van der Waals surface area contributed by atoms with E-state index in [0.29, 0.717) is 13.0 Å². The Bertz CT molecular complexity index is 373. The van der Waals surface area contributed by atoms with Crippen molar-refractivity contribution in [3.63, 3.8) is 0 Å². The van der Waals surface area contributed by atoms with Gasteiger partial charge in [-0.3, -0.25) is 9.59 Å². The van der Waals surface area contributed by atoms with Crippen molar-refractivity contribution in [3.05, 3.63) is 16.1 Å². The Kier molecular flexibility index (Phi) is 5.11.